The molecule has 0 bridgehead atoms. The Morgan fingerprint density at radius 2 is 1.84 bits per heavy atom. The van der Waals surface area contributed by atoms with Gasteiger partial charge in [-0.2, -0.15) is 13.2 Å². The number of nitrogens with one attached hydrogen (secondary N) is 1. The van der Waals surface area contributed by atoms with E-state index in [-0.39, 0.29) is 11.4 Å². The van der Waals surface area contributed by atoms with Crippen LogP contribution in [0.4, 0.5) is 29.5 Å². The molecule has 0 spiro atoms. The third-order valence-electron chi connectivity index (χ3n) is 6.95. The molecule has 1 amide bonds. The summed E-state index contributed by atoms with van der Waals surface area (Å²) >= 11 is 0. The maximum absolute atomic E-state index is 13.3. The number of nitrogen functional groups attached to an aromatic ring is 1. The van der Waals surface area contributed by atoms with Gasteiger partial charge in [-0.1, -0.05) is 0 Å². The van der Waals surface area contributed by atoms with Crippen molar-refractivity contribution in [3.63, 3.8) is 0 Å². The SMILES string of the molecule is COc1cc2nc(C)nc(N[C@H](C)c3cc(N)cc(C(F)(F)F)c3)c2cc1OC(=O)N1CC2COCC2C1. The van der Waals surface area contributed by atoms with Crippen molar-refractivity contribution in [2.45, 2.75) is 26.1 Å². The van der Waals surface area contributed by atoms with Crippen LogP contribution >= 0.6 is 0 Å². The van der Waals surface area contributed by atoms with Gasteiger partial charge in [0.25, 0.3) is 0 Å². The zero-order valence-corrected chi connectivity index (χ0v) is 21.1. The van der Waals surface area contributed by atoms with Gasteiger partial charge < -0.3 is 30.2 Å². The lowest BCUT2D eigenvalue weighted by Crippen LogP contribution is -2.32. The molecule has 202 valence electrons. The number of ether oxygens (including phenoxy) is 3. The summed E-state index contributed by atoms with van der Waals surface area (Å²) in [6, 6.07) is 6.08. The van der Waals surface area contributed by atoms with E-state index in [2.05, 4.69) is 15.3 Å². The fourth-order valence-electron chi connectivity index (χ4n) is 4.98. The Morgan fingerprint density at radius 3 is 2.50 bits per heavy atom. The van der Waals surface area contributed by atoms with Crippen LogP contribution in [-0.4, -0.2) is 54.4 Å². The summed E-state index contributed by atoms with van der Waals surface area (Å²) in [6.07, 6.45) is -5.02. The standard InChI is InChI=1S/C26H28F3N5O4/c1-13(15-4-18(26(27,28)29)6-19(30)5-15)31-24-20-7-23(22(36-3)8-21(20)32-14(2)33-24)38-25(35)34-9-16-11-37-12-17(16)10-34/h4-8,13,16-17H,9-12,30H2,1-3H3,(H,31,32,33)/t13-,16?,17?/m1/s1. The number of rotatable bonds is 5. The molecule has 3 aromatic rings. The maximum atomic E-state index is 13.3. The minimum atomic E-state index is -4.53. The van der Waals surface area contributed by atoms with E-state index in [0.717, 1.165) is 12.1 Å². The molecule has 2 aliphatic rings. The molecule has 3 heterocycles. The zero-order chi connectivity index (χ0) is 27.2. The van der Waals surface area contributed by atoms with Crippen LogP contribution in [0.2, 0.25) is 0 Å². The molecule has 2 aromatic carbocycles. The summed E-state index contributed by atoms with van der Waals surface area (Å²) in [4.78, 5) is 23.5. The van der Waals surface area contributed by atoms with Crippen molar-refractivity contribution in [1.29, 1.82) is 0 Å². The lowest BCUT2D eigenvalue weighted by Gasteiger charge is -2.20. The fourth-order valence-corrected chi connectivity index (χ4v) is 4.98. The second-order valence-corrected chi connectivity index (χ2v) is 9.72. The van der Waals surface area contributed by atoms with E-state index in [9.17, 15) is 18.0 Å². The molecule has 5 rings (SSSR count). The Labute approximate surface area is 217 Å². The molecular weight excluding hydrogens is 503 g/mol. The first-order chi connectivity index (χ1) is 18.0. The lowest BCUT2D eigenvalue weighted by atomic mass is 10.0. The number of likely N-dealkylation sites (tertiary alicyclic amines) is 1. The second kappa shape index (κ2) is 9.82. The molecule has 38 heavy (non-hydrogen) atoms. The predicted octanol–water partition coefficient (Wildman–Crippen LogP) is 4.80. The van der Waals surface area contributed by atoms with Crippen LogP contribution in [0, 0.1) is 18.8 Å². The number of fused-ring (bicyclic) bond motifs is 2. The molecule has 2 saturated heterocycles. The number of methoxy groups -OCH3 is 1. The maximum Gasteiger partial charge on any atom is 0.416 e. The molecule has 2 unspecified atom stereocenters. The first kappa shape index (κ1) is 25.8. The van der Waals surface area contributed by atoms with Crippen molar-refractivity contribution in [1.82, 2.24) is 14.9 Å². The predicted molar refractivity (Wildman–Crippen MR) is 134 cm³/mol. The summed E-state index contributed by atoms with van der Waals surface area (Å²) in [7, 11) is 1.46. The molecule has 3 atom stereocenters. The van der Waals surface area contributed by atoms with Gasteiger partial charge in [0.05, 0.1) is 37.4 Å². The Balaban J connectivity index is 1.45. The van der Waals surface area contributed by atoms with Crippen LogP contribution in [0.3, 0.4) is 0 Å². The lowest BCUT2D eigenvalue weighted by molar-refractivity contribution is -0.137. The number of hydrogen-bond acceptors (Lipinski definition) is 8. The number of carbonyl (C=O) groups is 1. The third kappa shape index (κ3) is 5.13. The monoisotopic (exact) mass is 531 g/mol. The first-order valence-corrected chi connectivity index (χ1v) is 12.2. The number of amides is 1. The fraction of sp³-hybridized carbons (Fsp3) is 0.423. The quantitative estimate of drug-likeness (QED) is 0.452. The number of hydrogen-bond donors (Lipinski definition) is 2. The van der Waals surface area contributed by atoms with Gasteiger partial charge in [-0.05, 0) is 43.7 Å². The number of benzene rings is 2. The van der Waals surface area contributed by atoms with Crippen LogP contribution < -0.4 is 20.5 Å². The molecule has 0 saturated carbocycles. The Morgan fingerprint density at radius 1 is 1.13 bits per heavy atom. The number of aryl methyl sites for hydroxylation is 1. The van der Waals surface area contributed by atoms with Crippen molar-refractivity contribution in [3.05, 3.63) is 47.3 Å². The van der Waals surface area contributed by atoms with Crippen molar-refractivity contribution < 1.29 is 32.2 Å². The largest absolute Gasteiger partial charge is 0.493 e. The van der Waals surface area contributed by atoms with Gasteiger partial charge in [0, 0.05) is 42.1 Å². The highest BCUT2D eigenvalue weighted by molar-refractivity contribution is 5.92. The highest BCUT2D eigenvalue weighted by atomic mass is 19.4. The molecule has 0 radical (unpaired) electrons. The minimum absolute atomic E-state index is 0.00347. The van der Waals surface area contributed by atoms with Gasteiger partial charge >= 0.3 is 12.3 Å². The average Bonchev–Trinajstić information content (AvgIpc) is 3.46. The number of aromatic nitrogens is 2. The van der Waals surface area contributed by atoms with E-state index in [4.69, 9.17) is 19.9 Å². The Kier molecular flexibility index (Phi) is 6.68. The van der Waals surface area contributed by atoms with Crippen LogP contribution in [0.15, 0.2) is 30.3 Å². The van der Waals surface area contributed by atoms with E-state index in [0.29, 0.717) is 72.0 Å². The van der Waals surface area contributed by atoms with Crippen LogP contribution in [-0.2, 0) is 10.9 Å². The second-order valence-electron chi connectivity index (χ2n) is 9.72. The summed E-state index contributed by atoms with van der Waals surface area (Å²) in [5.41, 5.74) is 5.78. The van der Waals surface area contributed by atoms with Crippen molar-refractivity contribution in [2.24, 2.45) is 11.8 Å². The van der Waals surface area contributed by atoms with Crippen molar-refractivity contribution >= 4 is 28.5 Å². The van der Waals surface area contributed by atoms with Gasteiger partial charge in [-0.3, -0.25) is 0 Å². The van der Waals surface area contributed by atoms with Crippen molar-refractivity contribution in [2.75, 3.05) is 44.5 Å². The molecule has 12 heteroatoms. The topological polar surface area (TPSA) is 112 Å². The number of halogens is 3. The zero-order valence-electron chi connectivity index (χ0n) is 21.1. The highest BCUT2D eigenvalue weighted by Crippen LogP contribution is 2.38. The molecule has 1 aromatic heterocycles. The summed E-state index contributed by atoms with van der Waals surface area (Å²) in [5.74, 6) is 1.91. The number of nitrogens with two attached hydrogens (primary N) is 1. The summed E-state index contributed by atoms with van der Waals surface area (Å²) < 4.78 is 56.7. The minimum Gasteiger partial charge on any atom is -0.493 e. The molecule has 9 nitrogen and oxygen atoms in total. The number of alkyl halides is 3. The van der Waals surface area contributed by atoms with E-state index >= 15 is 0 Å². The number of anilines is 2. The van der Waals surface area contributed by atoms with E-state index < -0.39 is 23.9 Å². The van der Waals surface area contributed by atoms with Gasteiger partial charge in [0.2, 0.25) is 0 Å². The van der Waals surface area contributed by atoms with E-state index in [1.54, 1.807) is 30.9 Å². The van der Waals surface area contributed by atoms with Crippen LogP contribution in [0.1, 0.15) is 29.9 Å². The van der Waals surface area contributed by atoms with Crippen LogP contribution in [0.5, 0.6) is 11.5 Å². The van der Waals surface area contributed by atoms with E-state index in [1.807, 2.05) is 0 Å². The van der Waals surface area contributed by atoms with Gasteiger partial charge in [-0.25, -0.2) is 14.8 Å². The van der Waals surface area contributed by atoms with Gasteiger partial charge in [0.1, 0.15) is 11.6 Å². The number of carbonyl (C=O) groups excluding carboxylic acids is 1. The number of nitrogens with zero attached hydrogens (tertiary/aromatic N) is 3. The average molecular weight is 532 g/mol. The first-order valence-electron chi connectivity index (χ1n) is 12.2. The van der Waals surface area contributed by atoms with Crippen LogP contribution in [0.25, 0.3) is 10.9 Å². The van der Waals surface area contributed by atoms with E-state index in [1.165, 1.54) is 13.2 Å². The smallest absolute Gasteiger partial charge is 0.416 e. The summed E-state index contributed by atoms with van der Waals surface area (Å²) in [5, 5.41) is 3.68. The molecule has 2 aliphatic heterocycles. The molecule has 2 fully saturated rings. The Bertz CT molecular complexity index is 1370. The highest BCUT2D eigenvalue weighted by Gasteiger charge is 2.40. The summed E-state index contributed by atoms with van der Waals surface area (Å²) in [6.45, 7) is 5.80. The molecular formula is C26H28F3N5O4. The molecule has 0 aliphatic carbocycles. The van der Waals surface area contributed by atoms with Gasteiger partial charge in [-0.15, -0.1) is 0 Å². The van der Waals surface area contributed by atoms with Gasteiger partial charge in [0.15, 0.2) is 11.5 Å². The normalized spacial score (nSPS) is 19.9. The third-order valence-corrected chi connectivity index (χ3v) is 6.95. The molecule has 3 N–H and O–H groups in total. The Hall–Kier alpha value is -3.80. The van der Waals surface area contributed by atoms with Crippen molar-refractivity contribution in [3.8, 4) is 11.5 Å².